The summed E-state index contributed by atoms with van der Waals surface area (Å²) in [6, 6.07) is 0.544. The fraction of sp³-hybridized carbons (Fsp3) is 1.00. The number of nitrogens with one attached hydrogen (secondary N) is 1. The Hall–Kier alpha value is -0.250. The largest absolute Gasteiger partial charge is 0.389 e. The molecule has 0 aliphatic heterocycles. The van der Waals surface area contributed by atoms with Crippen LogP contribution in [0.25, 0.3) is 0 Å². The number of halogens is 3. The Bertz CT molecular complexity index is 183. The van der Waals surface area contributed by atoms with Gasteiger partial charge in [0.25, 0.3) is 0 Å². The summed E-state index contributed by atoms with van der Waals surface area (Å²) in [5.74, 6) is 0.822. The van der Waals surface area contributed by atoms with Crippen LogP contribution in [0.4, 0.5) is 13.2 Å². The fourth-order valence-corrected chi connectivity index (χ4v) is 2.22. The van der Waals surface area contributed by atoms with Crippen LogP contribution in [0.15, 0.2) is 0 Å². The van der Waals surface area contributed by atoms with Crippen molar-refractivity contribution < 1.29 is 13.2 Å². The van der Waals surface area contributed by atoms with Crippen LogP contribution in [0.1, 0.15) is 51.9 Å². The molecular weight excluding hydrogens is 215 g/mol. The third-order valence-corrected chi connectivity index (χ3v) is 3.34. The van der Waals surface area contributed by atoms with Gasteiger partial charge < -0.3 is 5.32 Å². The van der Waals surface area contributed by atoms with Crippen LogP contribution in [-0.4, -0.2) is 18.8 Å². The summed E-state index contributed by atoms with van der Waals surface area (Å²) in [5, 5.41) is 3.36. The summed E-state index contributed by atoms with van der Waals surface area (Å²) >= 11 is 0. The zero-order valence-corrected chi connectivity index (χ0v) is 9.95. The molecule has 0 bridgehead atoms. The smallest absolute Gasteiger partial charge is 0.314 e. The second-order valence-corrected chi connectivity index (χ2v) is 4.98. The van der Waals surface area contributed by atoms with Crippen LogP contribution >= 0.6 is 0 Å². The summed E-state index contributed by atoms with van der Waals surface area (Å²) in [4.78, 5) is 0. The molecule has 1 fully saturated rings. The molecule has 1 rings (SSSR count). The predicted octanol–water partition coefficient (Wildman–Crippen LogP) is 3.89. The zero-order valence-electron chi connectivity index (χ0n) is 9.95. The van der Waals surface area contributed by atoms with E-state index in [4.69, 9.17) is 0 Å². The van der Waals surface area contributed by atoms with E-state index in [1.54, 1.807) is 0 Å². The molecule has 0 aromatic rings. The van der Waals surface area contributed by atoms with Gasteiger partial charge in [-0.2, -0.15) is 13.2 Å². The molecule has 1 nitrogen and oxygen atoms in total. The molecule has 1 saturated carbocycles. The molecule has 16 heavy (non-hydrogen) atoms. The monoisotopic (exact) mass is 237 g/mol. The number of hydrogen-bond acceptors (Lipinski definition) is 1. The molecule has 1 N–H and O–H groups in total. The second kappa shape index (κ2) is 6.48. The lowest BCUT2D eigenvalue weighted by atomic mass is 9.87. The highest BCUT2D eigenvalue weighted by Gasteiger charge is 2.25. The summed E-state index contributed by atoms with van der Waals surface area (Å²) in [5.41, 5.74) is 0. The van der Waals surface area contributed by atoms with Gasteiger partial charge in [0.15, 0.2) is 0 Å². The van der Waals surface area contributed by atoms with Gasteiger partial charge in [-0.05, 0) is 51.0 Å². The van der Waals surface area contributed by atoms with Gasteiger partial charge >= 0.3 is 6.18 Å². The van der Waals surface area contributed by atoms with E-state index in [1.165, 1.54) is 25.7 Å². The van der Waals surface area contributed by atoms with Gasteiger partial charge in [0.1, 0.15) is 0 Å². The van der Waals surface area contributed by atoms with Crippen LogP contribution in [0.2, 0.25) is 0 Å². The van der Waals surface area contributed by atoms with Gasteiger partial charge in [0, 0.05) is 12.5 Å². The third-order valence-electron chi connectivity index (χ3n) is 3.34. The Labute approximate surface area is 95.8 Å². The molecule has 96 valence electrons. The van der Waals surface area contributed by atoms with Gasteiger partial charge in [0.05, 0.1) is 0 Å². The van der Waals surface area contributed by atoms with Crippen LogP contribution in [0.3, 0.4) is 0 Å². The maximum atomic E-state index is 11.9. The van der Waals surface area contributed by atoms with Gasteiger partial charge in [-0.15, -0.1) is 0 Å². The van der Waals surface area contributed by atoms with E-state index in [0.717, 1.165) is 12.5 Å². The lowest BCUT2D eigenvalue weighted by molar-refractivity contribution is -0.135. The number of rotatable bonds is 5. The van der Waals surface area contributed by atoms with Crippen molar-refractivity contribution in [2.75, 3.05) is 6.54 Å². The first-order valence-corrected chi connectivity index (χ1v) is 6.27. The molecule has 4 heteroatoms. The maximum absolute atomic E-state index is 11.9. The molecule has 0 radical (unpaired) electrons. The quantitative estimate of drug-likeness (QED) is 0.715. The molecule has 0 unspecified atom stereocenters. The minimum absolute atomic E-state index is 0.250. The molecule has 0 heterocycles. The Morgan fingerprint density at radius 2 is 1.69 bits per heavy atom. The lowest BCUT2D eigenvalue weighted by Gasteiger charge is -2.27. The van der Waals surface area contributed by atoms with Gasteiger partial charge in [0.2, 0.25) is 0 Å². The van der Waals surface area contributed by atoms with E-state index in [2.05, 4.69) is 12.2 Å². The summed E-state index contributed by atoms with van der Waals surface area (Å²) < 4.78 is 35.6. The standard InChI is InChI=1S/C12H22F3N/c1-10-4-6-11(7-5-10)16-9-3-2-8-12(13,14)15/h10-11,16H,2-9H2,1H3. The van der Waals surface area contributed by atoms with E-state index >= 15 is 0 Å². The van der Waals surface area contributed by atoms with Crippen molar-refractivity contribution in [2.24, 2.45) is 5.92 Å². The van der Waals surface area contributed by atoms with Gasteiger partial charge in [-0.1, -0.05) is 6.92 Å². The number of hydrogen-bond donors (Lipinski definition) is 1. The number of unbranched alkanes of at least 4 members (excludes halogenated alkanes) is 1. The SMILES string of the molecule is CC1CCC(NCCCCC(F)(F)F)CC1. The van der Waals surface area contributed by atoms with E-state index < -0.39 is 12.6 Å². The topological polar surface area (TPSA) is 12.0 Å². The highest BCUT2D eigenvalue weighted by Crippen LogP contribution is 2.24. The second-order valence-electron chi connectivity index (χ2n) is 4.98. The van der Waals surface area contributed by atoms with E-state index in [0.29, 0.717) is 12.5 Å². The summed E-state index contributed by atoms with van der Waals surface area (Å²) in [6.45, 7) is 2.99. The molecule has 0 atom stereocenters. The van der Waals surface area contributed by atoms with Crippen molar-refractivity contribution >= 4 is 0 Å². The van der Waals surface area contributed by atoms with Crippen molar-refractivity contribution in [1.82, 2.24) is 5.32 Å². The first-order chi connectivity index (χ1) is 7.47. The highest BCUT2D eigenvalue weighted by molar-refractivity contribution is 4.74. The average Bonchev–Trinajstić information content (AvgIpc) is 2.19. The van der Waals surface area contributed by atoms with Crippen LogP contribution in [0.5, 0.6) is 0 Å². The van der Waals surface area contributed by atoms with E-state index in [-0.39, 0.29) is 6.42 Å². The Balaban J connectivity index is 1.95. The Morgan fingerprint density at radius 3 is 2.25 bits per heavy atom. The van der Waals surface area contributed by atoms with Crippen molar-refractivity contribution in [3.63, 3.8) is 0 Å². The van der Waals surface area contributed by atoms with Crippen LogP contribution in [0, 0.1) is 5.92 Å². The molecular formula is C12H22F3N. The summed E-state index contributed by atoms with van der Waals surface area (Å²) in [7, 11) is 0. The van der Waals surface area contributed by atoms with Crippen molar-refractivity contribution in [3.05, 3.63) is 0 Å². The number of alkyl halides is 3. The van der Waals surface area contributed by atoms with E-state index in [9.17, 15) is 13.2 Å². The minimum Gasteiger partial charge on any atom is -0.314 e. The lowest BCUT2D eigenvalue weighted by Crippen LogP contribution is -2.33. The molecule has 0 amide bonds. The van der Waals surface area contributed by atoms with Crippen molar-refractivity contribution in [2.45, 2.75) is 64.1 Å². The summed E-state index contributed by atoms with van der Waals surface area (Å²) in [6.07, 6.45) is 1.11. The molecule has 0 spiro atoms. The van der Waals surface area contributed by atoms with Crippen molar-refractivity contribution in [1.29, 1.82) is 0 Å². The highest BCUT2D eigenvalue weighted by atomic mass is 19.4. The van der Waals surface area contributed by atoms with Crippen molar-refractivity contribution in [3.8, 4) is 0 Å². The molecule has 1 aliphatic carbocycles. The molecule has 0 aromatic carbocycles. The molecule has 1 aliphatic rings. The first kappa shape index (κ1) is 13.8. The van der Waals surface area contributed by atoms with Crippen LogP contribution < -0.4 is 5.32 Å². The third kappa shape index (κ3) is 6.36. The first-order valence-electron chi connectivity index (χ1n) is 6.27. The normalized spacial score (nSPS) is 27.0. The molecule has 0 aromatic heterocycles. The Morgan fingerprint density at radius 1 is 1.06 bits per heavy atom. The average molecular weight is 237 g/mol. The fourth-order valence-electron chi connectivity index (χ4n) is 2.22. The van der Waals surface area contributed by atoms with Gasteiger partial charge in [-0.25, -0.2) is 0 Å². The Kier molecular flexibility index (Phi) is 5.59. The maximum Gasteiger partial charge on any atom is 0.389 e. The minimum atomic E-state index is -3.99. The van der Waals surface area contributed by atoms with Crippen LogP contribution in [-0.2, 0) is 0 Å². The van der Waals surface area contributed by atoms with Gasteiger partial charge in [-0.3, -0.25) is 0 Å². The molecule has 0 saturated heterocycles. The van der Waals surface area contributed by atoms with E-state index in [1.807, 2.05) is 0 Å². The predicted molar refractivity (Wildman–Crippen MR) is 59.3 cm³/mol. The zero-order chi connectivity index (χ0) is 12.0.